The zero-order chi connectivity index (χ0) is 25.9. The van der Waals surface area contributed by atoms with Gasteiger partial charge >= 0.3 is 0 Å². The third-order valence-electron chi connectivity index (χ3n) is 8.22. The van der Waals surface area contributed by atoms with Crippen LogP contribution in [0.2, 0.25) is 0 Å². The molecule has 1 heterocycles. The van der Waals surface area contributed by atoms with E-state index in [1.807, 2.05) is 0 Å². The summed E-state index contributed by atoms with van der Waals surface area (Å²) in [6.07, 6.45) is 43.2. The molecule has 0 aliphatic rings. The minimum absolute atomic E-state index is 1.21. The second-order valence-electron chi connectivity index (χ2n) is 11.8. The molecule has 1 aromatic heterocycles. The van der Waals surface area contributed by atoms with E-state index in [9.17, 15) is 0 Å². The van der Waals surface area contributed by atoms with Crippen LogP contribution in [0.25, 0.3) is 0 Å². The van der Waals surface area contributed by atoms with Gasteiger partial charge in [0.05, 0.1) is 13.6 Å². The van der Waals surface area contributed by atoms with E-state index in [-0.39, 0.29) is 0 Å². The molecule has 0 unspecified atom stereocenters. The van der Waals surface area contributed by atoms with Gasteiger partial charge in [-0.3, -0.25) is 0 Å². The highest BCUT2D eigenvalue weighted by Crippen LogP contribution is 2.15. The van der Waals surface area contributed by atoms with E-state index >= 15 is 0 Å². The normalized spacial score (nSPS) is 11.5. The van der Waals surface area contributed by atoms with Gasteiger partial charge in [-0.05, 0) is 19.3 Å². The van der Waals surface area contributed by atoms with Crippen molar-refractivity contribution in [2.45, 2.75) is 194 Å². The van der Waals surface area contributed by atoms with Crippen molar-refractivity contribution in [2.24, 2.45) is 7.05 Å². The number of unbranched alkanes of at least 4 members (excludes halogenated alkanes) is 24. The molecule has 2 heteroatoms. The molecule has 0 aliphatic heterocycles. The maximum atomic E-state index is 2.54. The fourth-order valence-corrected chi connectivity index (χ4v) is 5.68. The fourth-order valence-electron chi connectivity index (χ4n) is 5.68. The Bertz CT molecular complexity index is 562. The molecule has 0 aromatic carbocycles. The van der Waals surface area contributed by atoms with E-state index in [0.717, 1.165) is 0 Å². The van der Waals surface area contributed by atoms with E-state index in [4.69, 9.17) is 0 Å². The molecule has 2 nitrogen and oxygen atoms in total. The van der Waals surface area contributed by atoms with Gasteiger partial charge in [-0.1, -0.05) is 162 Å². The summed E-state index contributed by atoms with van der Waals surface area (Å²) in [6.45, 7) is 5.82. The highest BCUT2D eigenvalue weighted by atomic mass is 15.1. The fraction of sp³-hybridized carbons (Fsp3) is 0.912. The Morgan fingerprint density at radius 2 is 0.806 bits per heavy atom. The Morgan fingerprint density at radius 3 is 1.19 bits per heavy atom. The number of rotatable bonds is 28. The molecule has 0 saturated carbocycles. The van der Waals surface area contributed by atoms with Crippen molar-refractivity contribution in [3.05, 3.63) is 18.2 Å². The first kappa shape index (κ1) is 33.2. The van der Waals surface area contributed by atoms with Crippen LogP contribution < -0.4 is 4.57 Å². The molecule has 0 radical (unpaired) electrons. The van der Waals surface area contributed by atoms with Crippen LogP contribution >= 0.6 is 0 Å². The lowest BCUT2D eigenvalue weighted by Gasteiger charge is -2.05. The molecule has 0 spiro atoms. The van der Waals surface area contributed by atoms with Crippen molar-refractivity contribution in [1.82, 2.24) is 4.57 Å². The Balaban J connectivity index is 1.93. The predicted molar refractivity (Wildman–Crippen MR) is 161 cm³/mol. The van der Waals surface area contributed by atoms with E-state index < -0.39 is 0 Å². The molecule has 0 amide bonds. The molecule has 0 saturated heterocycles. The van der Waals surface area contributed by atoms with Crippen LogP contribution in [0.3, 0.4) is 0 Å². The summed E-state index contributed by atoms with van der Waals surface area (Å²) in [5.74, 6) is 1.54. The first-order valence-electron chi connectivity index (χ1n) is 16.8. The summed E-state index contributed by atoms with van der Waals surface area (Å²) in [5.41, 5.74) is 0. The Kier molecular flexibility index (Phi) is 23.9. The van der Waals surface area contributed by atoms with Gasteiger partial charge in [0, 0.05) is 6.42 Å². The van der Waals surface area contributed by atoms with Crippen LogP contribution in [0.4, 0.5) is 0 Å². The van der Waals surface area contributed by atoms with Gasteiger partial charge in [-0.2, -0.15) is 0 Å². The summed E-state index contributed by atoms with van der Waals surface area (Å²) >= 11 is 0. The predicted octanol–water partition coefficient (Wildman–Crippen LogP) is 11.0. The van der Waals surface area contributed by atoms with Gasteiger partial charge in [-0.25, -0.2) is 9.13 Å². The average Bonchev–Trinajstić information content (AvgIpc) is 3.23. The molecule has 212 valence electrons. The van der Waals surface area contributed by atoms with Gasteiger partial charge in [-0.15, -0.1) is 0 Å². The topological polar surface area (TPSA) is 8.81 Å². The first-order chi connectivity index (χ1) is 17.8. The van der Waals surface area contributed by atoms with Crippen molar-refractivity contribution >= 4 is 0 Å². The monoisotopic (exact) mass is 504 g/mol. The zero-order valence-electron chi connectivity index (χ0n) is 25.3. The summed E-state index contributed by atoms with van der Waals surface area (Å²) in [4.78, 5) is 0. The van der Waals surface area contributed by atoms with Crippen molar-refractivity contribution in [1.29, 1.82) is 0 Å². The molecule has 36 heavy (non-hydrogen) atoms. The maximum Gasteiger partial charge on any atom is 0.256 e. The molecule has 1 rings (SSSR count). The third-order valence-corrected chi connectivity index (χ3v) is 8.22. The quantitative estimate of drug-likeness (QED) is 0.0794. The van der Waals surface area contributed by atoms with Gasteiger partial charge < -0.3 is 0 Å². The van der Waals surface area contributed by atoms with Gasteiger partial charge in [0.15, 0.2) is 0 Å². The number of imidazole rings is 1. The minimum atomic E-state index is 1.21. The zero-order valence-corrected chi connectivity index (χ0v) is 25.3. The van der Waals surface area contributed by atoms with Crippen molar-refractivity contribution in [3.8, 4) is 0 Å². The van der Waals surface area contributed by atoms with Crippen LogP contribution in [0, 0.1) is 0 Å². The SMILES string of the molecule is CCCCCCCCCCCCCCCCCn1cc[n+](C)c1CCCCCCCCCCCCC. The van der Waals surface area contributed by atoms with Crippen LogP contribution in [0.1, 0.15) is 187 Å². The number of aryl methyl sites for hydroxylation is 2. The summed E-state index contributed by atoms with van der Waals surface area (Å²) in [7, 11) is 2.23. The van der Waals surface area contributed by atoms with Gasteiger partial charge in [0.25, 0.3) is 5.82 Å². The van der Waals surface area contributed by atoms with E-state index in [0.29, 0.717) is 0 Å². The number of aromatic nitrogens is 2. The standard InChI is InChI=1S/C34H67N2/c1-4-6-8-10-12-14-16-17-18-19-21-23-25-27-29-31-36-33-32-35(3)34(36)30-28-26-24-22-20-15-13-11-9-7-5-2/h32-33H,4-31H2,1-3H3/q+1. The van der Waals surface area contributed by atoms with Crippen molar-refractivity contribution in [3.63, 3.8) is 0 Å². The maximum absolute atomic E-state index is 2.54. The van der Waals surface area contributed by atoms with Gasteiger partial charge in [0.1, 0.15) is 12.4 Å². The average molecular weight is 504 g/mol. The summed E-state index contributed by atoms with van der Waals surface area (Å²) in [6, 6.07) is 0. The highest BCUT2D eigenvalue weighted by molar-refractivity contribution is 4.84. The van der Waals surface area contributed by atoms with Crippen LogP contribution in [-0.4, -0.2) is 4.57 Å². The largest absolute Gasteiger partial charge is 0.256 e. The van der Waals surface area contributed by atoms with E-state index in [1.165, 1.54) is 186 Å². The molecule has 0 N–H and O–H groups in total. The summed E-state index contributed by atoms with van der Waals surface area (Å²) < 4.78 is 4.90. The van der Waals surface area contributed by atoms with Crippen molar-refractivity contribution in [2.75, 3.05) is 0 Å². The Labute approximate surface area is 228 Å². The minimum Gasteiger partial charge on any atom is -0.237 e. The molecule has 0 fully saturated rings. The number of hydrogen-bond donors (Lipinski definition) is 0. The van der Waals surface area contributed by atoms with Crippen LogP contribution in [-0.2, 0) is 20.0 Å². The molecule has 0 bridgehead atoms. The van der Waals surface area contributed by atoms with E-state index in [2.05, 4.69) is 42.4 Å². The second-order valence-corrected chi connectivity index (χ2v) is 11.8. The highest BCUT2D eigenvalue weighted by Gasteiger charge is 2.13. The van der Waals surface area contributed by atoms with Crippen LogP contribution in [0.5, 0.6) is 0 Å². The molecule has 1 aromatic rings. The lowest BCUT2D eigenvalue weighted by atomic mass is 10.0. The van der Waals surface area contributed by atoms with Crippen LogP contribution in [0.15, 0.2) is 12.4 Å². The molecule has 0 aliphatic carbocycles. The third kappa shape index (κ3) is 19.3. The Morgan fingerprint density at radius 1 is 0.472 bits per heavy atom. The number of nitrogens with zero attached hydrogens (tertiary/aromatic N) is 2. The molecular formula is C34H67N2+. The second kappa shape index (κ2) is 25.8. The smallest absolute Gasteiger partial charge is 0.237 e. The first-order valence-corrected chi connectivity index (χ1v) is 16.8. The molecule has 0 atom stereocenters. The molecular weight excluding hydrogens is 436 g/mol. The van der Waals surface area contributed by atoms with Gasteiger partial charge in [0.2, 0.25) is 0 Å². The lowest BCUT2D eigenvalue weighted by Crippen LogP contribution is -2.32. The van der Waals surface area contributed by atoms with E-state index in [1.54, 1.807) is 0 Å². The number of hydrogen-bond acceptors (Lipinski definition) is 0. The summed E-state index contributed by atoms with van der Waals surface area (Å²) in [5, 5.41) is 0. The lowest BCUT2D eigenvalue weighted by molar-refractivity contribution is -0.678. The van der Waals surface area contributed by atoms with Crippen molar-refractivity contribution < 1.29 is 4.57 Å². The Hall–Kier alpha value is -0.790.